The summed E-state index contributed by atoms with van der Waals surface area (Å²) >= 11 is 0. The van der Waals surface area contributed by atoms with E-state index in [0.717, 1.165) is 49.8 Å². The number of fused-ring (bicyclic) bond motifs is 3. The number of hydrogen-bond donors (Lipinski definition) is 1. The second-order valence-corrected chi connectivity index (χ2v) is 8.76. The van der Waals surface area contributed by atoms with Crippen molar-refractivity contribution in [1.29, 1.82) is 0 Å². The molecule has 0 saturated carbocycles. The molecule has 2 aliphatic heterocycles. The lowest BCUT2D eigenvalue weighted by Crippen LogP contribution is -2.52. The van der Waals surface area contributed by atoms with E-state index in [9.17, 15) is 14.4 Å². The van der Waals surface area contributed by atoms with Gasteiger partial charge in [0.25, 0.3) is 0 Å². The fourth-order valence-electron chi connectivity index (χ4n) is 4.36. The van der Waals surface area contributed by atoms with Crippen LogP contribution in [0.3, 0.4) is 0 Å². The summed E-state index contributed by atoms with van der Waals surface area (Å²) < 4.78 is 16.6. The van der Waals surface area contributed by atoms with Crippen molar-refractivity contribution in [3.63, 3.8) is 0 Å². The molecule has 186 valence electrons. The average Bonchev–Trinajstić information content (AvgIpc) is 3.26. The van der Waals surface area contributed by atoms with Gasteiger partial charge in [0.1, 0.15) is 23.9 Å². The van der Waals surface area contributed by atoms with Gasteiger partial charge < -0.3 is 24.4 Å². The third-order valence-corrected chi connectivity index (χ3v) is 6.22. The molecule has 1 N–H and O–H groups in total. The van der Waals surface area contributed by atoms with Crippen LogP contribution in [-0.2, 0) is 25.5 Å². The van der Waals surface area contributed by atoms with E-state index in [4.69, 9.17) is 14.2 Å². The van der Waals surface area contributed by atoms with E-state index < -0.39 is 24.1 Å². The molecule has 1 aromatic rings. The predicted molar refractivity (Wildman–Crippen MR) is 127 cm³/mol. The van der Waals surface area contributed by atoms with Gasteiger partial charge in [-0.2, -0.15) is 0 Å². The van der Waals surface area contributed by atoms with Crippen LogP contribution in [0, 0.1) is 0 Å². The first-order valence-corrected chi connectivity index (χ1v) is 12.2. The molecule has 8 heteroatoms. The zero-order valence-corrected chi connectivity index (χ0v) is 20.2. The summed E-state index contributed by atoms with van der Waals surface area (Å²) in [7, 11) is 1.31. The fourth-order valence-corrected chi connectivity index (χ4v) is 4.36. The van der Waals surface area contributed by atoms with Crippen LogP contribution in [0.25, 0.3) is 0 Å². The molecule has 0 radical (unpaired) electrons. The van der Waals surface area contributed by atoms with E-state index in [1.54, 1.807) is 0 Å². The number of alkyl carbamates (subject to hydrolysis) is 1. The molecule has 1 saturated heterocycles. The SMILES string of the molecule is CCCC[C@@H]1NC(=O)OCCCCC=CCc2ccccc2O[C@@H]2C[C@@H](C(=O)OC)N(C2)C1=O. The van der Waals surface area contributed by atoms with E-state index >= 15 is 0 Å². The van der Waals surface area contributed by atoms with Gasteiger partial charge in [-0.1, -0.05) is 50.1 Å². The number of methoxy groups -OCH3 is 1. The number of carbonyl (C=O) groups excluding carboxylic acids is 3. The molecule has 0 aliphatic carbocycles. The van der Waals surface area contributed by atoms with E-state index in [1.165, 1.54) is 12.0 Å². The summed E-state index contributed by atoms with van der Waals surface area (Å²) in [6, 6.07) is 6.30. The number of para-hydroxylation sites is 1. The lowest BCUT2D eigenvalue weighted by molar-refractivity contribution is -0.151. The molecule has 1 fully saturated rings. The molecular formula is C26H36N2O6. The van der Waals surface area contributed by atoms with Crippen molar-refractivity contribution in [2.75, 3.05) is 20.3 Å². The molecule has 1 aromatic carbocycles. The van der Waals surface area contributed by atoms with Crippen LogP contribution in [0.5, 0.6) is 5.75 Å². The Labute approximate surface area is 201 Å². The minimum atomic E-state index is -0.771. The fraction of sp³-hybridized carbons (Fsp3) is 0.577. The first-order valence-electron chi connectivity index (χ1n) is 12.2. The Morgan fingerprint density at radius 1 is 1.21 bits per heavy atom. The Bertz CT molecular complexity index is 871. The van der Waals surface area contributed by atoms with Gasteiger partial charge in [-0.25, -0.2) is 9.59 Å². The minimum Gasteiger partial charge on any atom is -0.488 e. The summed E-state index contributed by atoms with van der Waals surface area (Å²) in [6.45, 7) is 2.55. The lowest BCUT2D eigenvalue weighted by Gasteiger charge is -2.27. The highest BCUT2D eigenvalue weighted by Gasteiger charge is 2.43. The maximum Gasteiger partial charge on any atom is 0.407 e. The standard InChI is InChI=1S/C26H36N2O6/c1-3-4-14-21-24(29)28-18-20(17-22(28)25(30)32-2)34-23-15-10-9-13-19(23)12-8-6-5-7-11-16-33-26(31)27-21/h6,8-10,13,15,20-22H,3-5,7,11-12,14,16-18H2,1-2H3,(H,27,31)/t20-,21+,22+/m1/s1. The predicted octanol–water partition coefficient (Wildman–Crippen LogP) is 3.78. The first kappa shape index (κ1) is 25.6. The summed E-state index contributed by atoms with van der Waals surface area (Å²) in [5.74, 6) is -0.0528. The monoisotopic (exact) mass is 472 g/mol. The zero-order chi connectivity index (χ0) is 24.3. The van der Waals surface area contributed by atoms with E-state index in [-0.39, 0.29) is 18.6 Å². The molecule has 0 spiro atoms. The van der Waals surface area contributed by atoms with Gasteiger partial charge in [0.05, 0.1) is 20.3 Å². The van der Waals surface area contributed by atoms with E-state index in [0.29, 0.717) is 19.4 Å². The number of amides is 2. The number of unbranched alkanes of at least 4 members (excludes halogenated alkanes) is 1. The molecule has 2 aliphatic rings. The third-order valence-electron chi connectivity index (χ3n) is 6.22. The number of nitrogens with one attached hydrogen (secondary N) is 1. The summed E-state index contributed by atoms with van der Waals surface area (Å²) in [5.41, 5.74) is 1.05. The van der Waals surface area contributed by atoms with Crippen molar-refractivity contribution < 1.29 is 28.6 Å². The second-order valence-electron chi connectivity index (χ2n) is 8.76. The smallest absolute Gasteiger partial charge is 0.407 e. The molecule has 3 rings (SSSR count). The third kappa shape index (κ3) is 6.98. The van der Waals surface area contributed by atoms with Crippen LogP contribution in [-0.4, -0.2) is 61.3 Å². The highest BCUT2D eigenvalue weighted by atomic mass is 16.5. The minimum absolute atomic E-state index is 0.238. The quantitative estimate of drug-likeness (QED) is 0.530. The van der Waals surface area contributed by atoms with Gasteiger partial charge >= 0.3 is 12.1 Å². The molecule has 3 atom stereocenters. The Hall–Kier alpha value is -3.03. The second kappa shape index (κ2) is 13.0. The van der Waals surface area contributed by atoms with Crippen LogP contribution < -0.4 is 10.1 Å². The number of ether oxygens (including phenoxy) is 3. The number of carbonyl (C=O) groups is 3. The molecule has 2 bridgehead atoms. The van der Waals surface area contributed by atoms with E-state index in [2.05, 4.69) is 17.5 Å². The molecular weight excluding hydrogens is 436 g/mol. The van der Waals surface area contributed by atoms with Crippen LogP contribution in [0.2, 0.25) is 0 Å². The van der Waals surface area contributed by atoms with Crippen molar-refractivity contribution in [2.45, 2.75) is 76.5 Å². The van der Waals surface area contributed by atoms with Crippen molar-refractivity contribution in [3.05, 3.63) is 42.0 Å². The van der Waals surface area contributed by atoms with Gasteiger partial charge in [-0.3, -0.25) is 4.79 Å². The van der Waals surface area contributed by atoms with Crippen molar-refractivity contribution in [2.24, 2.45) is 0 Å². The number of benzene rings is 1. The Morgan fingerprint density at radius 2 is 2.03 bits per heavy atom. The van der Waals surface area contributed by atoms with Crippen LogP contribution in [0.1, 0.15) is 57.4 Å². The Kier molecular flexibility index (Phi) is 9.79. The van der Waals surface area contributed by atoms with Gasteiger partial charge in [0.2, 0.25) is 5.91 Å². The molecule has 2 amide bonds. The number of hydrogen-bond acceptors (Lipinski definition) is 6. The number of esters is 1. The largest absolute Gasteiger partial charge is 0.488 e. The first-order chi connectivity index (χ1) is 16.5. The molecule has 0 unspecified atom stereocenters. The van der Waals surface area contributed by atoms with Gasteiger partial charge in [0.15, 0.2) is 0 Å². The Balaban J connectivity index is 1.87. The molecule has 8 nitrogen and oxygen atoms in total. The van der Waals surface area contributed by atoms with Gasteiger partial charge in [-0.05, 0) is 43.7 Å². The van der Waals surface area contributed by atoms with Crippen LogP contribution in [0.15, 0.2) is 36.4 Å². The summed E-state index contributed by atoms with van der Waals surface area (Å²) in [6.07, 6.45) is 8.94. The maximum absolute atomic E-state index is 13.5. The summed E-state index contributed by atoms with van der Waals surface area (Å²) in [5, 5.41) is 2.72. The molecule has 34 heavy (non-hydrogen) atoms. The van der Waals surface area contributed by atoms with Crippen molar-refractivity contribution in [3.8, 4) is 5.75 Å². The number of cyclic esters (lactones) is 1. The van der Waals surface area contributed by atoms with Gasteiger partial charge in [-0.15, -0.1) is 0 Å². The number of allylic oxidation sites excluding steroid dienone is 2. The normalized spacial score (nSPS) is 24.2. The summed E-state index contributed by atoms with van der Waals surface area (Å²) in [4.78, 5) is 39.9. The maximum atomic E-state index is 13.5. The van der Waals surface area contributed by atoms with Gasteiger partial charge in [0, 0.05) is 6.42 Å². The van der Waals surface area contributed by atoms with Crippen molar-refractivity contribution >= 4 is 18.0 Å². The average molecular weight is 473 g/mol. The van der Waals surface area contributed by atoms with Crippen LogP contribution in [0.4, 0.5) is 4.79 Å². The zero-order valence-electron chi connectivity index (χ0n) is 20.2. The van der Waals surface area contributed by atoms with Crippen molar-refractivity contribution in [1.82, 2.24) is 10.2 Å². The van der Waals surface area contributed by atoms with E-state index in [1.807, 2.05) is 31.2 Å². The highest BCUT2D eigenvalue weighted by molar-refractivity contribution is 5.90. The number of nitrogens with zero attached hydrogens (tertiary/aromatic N) is 1. The number of rotatable bonds is 4. The highest BCUT2D eigenvalue weighted by Crippen LogP contribution is 2.28. The molecule has 2 heterocycles. The lowest BCUT2D eigenvalue weighted by atomic mass is 10.1. The topological polar surface area (TPSA) is 94.2 Å². The Morgan fingerprint density at radius 3 is 2.82 bits per heavy atom. The van der Waals surface area contributed by atoms with Crippen LogP contribution >= 0.6 is 0 Å². The molecule has 0 aromatic heterocycles.